The maximum absolute atomic E-state index is 4.51. The van der Waals surface area contributed by atoms with Crippen LogP contribution in [-0.2, 0) is 10.7 Å². The summed E-state index contributed by atoms with van der Waals surface area (Å²) in [6.07, 6.45) is 0. The lowest BCUT2D eigenvalue weighted by atomic mass is 10.1. The van der Waals surface area contributed by atoms with Gasteiger partial charge in [0.25, 0.3) is 0 Å². The van der Waals surface area contributed by atoms with Crippen molar-refractivity contribution in [2.75, 3.05) is 0 Å². The summed E-state index contributed by atoms with van der Waals surface area (Å²) in [7, 11) is 0. The fraction of sp³-hybridized carbons (Fsp3) is 0.182. The van der Waals surface area contributed by atoms with E-state index in [1.165, 1.54) is 10.9 Å². The number of alkyl halides is 2. The van der Waals surface area contributed by atoms with Gasteiger partial charge in [-0.1, -0.05) is 44.0 Å². The van der Waals surface area contributed by atoms with Crippen molar-refractivity contribution in [1.82, 2.24) is 4.98 Å². The second-order valence-electron chi connectivity index (χ2n) is 3.10. The van der Waals surface area contributed by atoms with Gasteiger partial charge < -0.3 is 0 Å². The van der Waals surface area contributed by atoms with Gasteiger partial charge in [-0.3, -0.25) is 4.98 Å². The highest BCUT2D eigenvalue weighted by atomic mass is 79.9. The fourth-order valence-electron chi connectivity index (χ4n) is 1.37. The van der Waals surface area contributed by atoms with E-state index in [4.69, 9.17) is 0 Å². The zero-order valence-electron chi connectivity index (χ0n) is 7.50. The standard InChI is InChI=1S/C11H9Br2N/c12-6-8-1-4-11-9(5-8)2-3-10(7-13)14-11/h1-5H,6-7H2. The third-order valence-electron chi connectivity index (χ3n) is 2.10. The van der Waals surface area contributed by atoms with Crippen LogP contribution in [0.3, 0.4) is 0 Å². The Morgan fingerprint density at radius 3 is 2.57 bits per heavy atom. The zero-order chi connectivity index (χ0) is 9.97. The van der Waals surface area contributed by atoms with Crippen LogP contribution in [0.15, 0.2) is 30.3 Å². The van der Waals surface area contributed by atoms with Crippen LogP contribution in [0.1, 0.15) is 11.3 Å². The Balaban J connectivity index is 2.57. The predicted molar refractivity (Wildman–Crippen MR) is 67.0 cm³/mol. The van der Waals surface area contributed by atoms with Gasteiger partial charge in [0.05, 0.1) is 11.2 Å². The Morgan fingerprint density at radius 1 is 1.00 bits per heavy atom. The first-order valence-corrected chi connectivity index (χ1v) is 6.58. The highest BCUT2D eigenvalue weighted by molar-refractivity contribution is 9.08. The van der Waals surface area contributed by atoms with Crippen molar-refractivity contribution >= 4 is 42.8 Å². The molecular formula is C11H9Br2N. The Labute approximate surface area is 99.8 Å². The van der Waals surface area contributed by atoms with Gasteiger partial charge in [-0.15, -0.1) is 0 Å². The van der Waals surface area contributed by atoms with Crippen LogP contribution in [-0.4, -0.2) is 4.98 Å². The van der Waals surface area contributed by atoms with Crippen LogP contribution in [0.4, 0.5) is 0 Å². The van der Waals surface area contributed by atoms with Gasteiger partial charge in [-0.25, -0.2) is 0 Å². The molecule has 0 bridgehead atoms. The summed E-state index contributed by atoms with van der Waals surface area (Å²) in [6, 6.07) is 10.5. The zero-order valence-corrected chi connectivity index (χ0v) is 10.7. The van der Waals surface area contributed by atoms with Crippen LogP contribution in [0.2, 0.25) is 0 Å². The number of nitrogens with zero attached hydrogens (tertiary/aromatic N) is 1. The fourth-order valence-corrected chi connectivity index (χ4v) is 2.04. The molecule has 1 aromatic heterocycles. The molecule has 0 fully saturated rings. The number of halogens is 2. The van der Waals surface area contributed by atoms with Gasteiger partial charge in [0, 0.05) is 16.0 Å². The van der Waals surface area contributed by atoms with E-state index in [9.17, 15) is 0 Å². The molecule has 0 amide bonds. The van der Waals surface area contributed by atoms with Gasteiger partial charge in [-0.2, -0.15) is 0 Å². The molecule has 3 heteroatoms. The molecule has 14 heavy (non-hydrogen) atoms. The first kappa shape index (κ1) is 10.1. The number of rotatable bonds is 2. The Kier molecular flexibility index (Phi) is 3.19. The van der Waals surface area contributed by atoms with Crippen molar-refractivity contribution in [2.24, 2.45) is 0 Å². The Bertz CT molecular complexity index is 411. The highest BCUT2D eigenvalue weighted by Gasteiger charge is 1.98. The van der Waals surface area contributed by atoms with Gasteiger partial charge in [-0.05, 0) is 23.8 Å². The van der Waals surface area contributed by atoms with E-state index in [1.807, 2.05) is 0 Å². The molecule has 1 nitrogen and oxygen atoms in total. The van der Waals surface area contributed by atoms with Crippen molar-refractivity contribution in [3.63, 3.8) is 0 Å². The van der Waals surface area contributed by atoms with E-state index < -0.39 is 0 Å². The number of hydrogen-bond donors (Lipinski definition) is 0. The van der Waals surface area contributed by atoms with Crippen LogP contribution in [0.5, 0.6) is 0 Å². The monoisotopic (exact) mass is 313 g/mol. The quantitative estimate of drug-likeness (QED) is 0.763. The third-order valence-corrected chi connectivity index (χ3v) is 3.32. The lowest BCUT2D eigenvalue weighted by Crippen LogP contribution is -1.87. The molecule has 0 unspecified atom stereocenters. The van der Waals surface area contributed by atoms with Crippen molar-refractivity contribution in [3.8, 4) is 0 Å². The van der Waals surface area contributed by atoms with Gasteiger partial charge >= 0.3 is 0 Å². The summed E-state index contributed by atoms with van der Waals surface area (Å²) in [6.45, 7) is 0. The highest BCUT2D eigenvalue weighted by Crippen LogP contribution is 2.17. The molecule has 0 N–H and O–H groups in total. The van der Waals surface area contributed by atoms with Gasteiger partial charge in [0.2, 0.25) is 0 Å². The summed E-state index contributed by atoms with van der Waals surface area (Å²) in [5, 5.41) is 2.90. The van der Waals surface area contributed by atoms with E-state index in [2.05, 4.69) is 67.2 Å². The summed E-state index contributed by atoms with van der Waals surface area (Å²) >= 11 is 6.84. The molecule has 0 radical (unpaired) electrons. The van der Waals surface area contributed by atoms with Crippen molar-refractivity contribution < 1.29 is 0 Å². The SMILES string of the molecule is BrCc1ccc2nc(CBr)ccc2c1. The lowest BCUT2D eigenvalue weighted by molar-refractivity contribution is 1.23. The molecule has 1 aromatic carbocycles. The number of pyridine rings is 1. The van der Waals surface area contributed by atoms with E-state index in [1.54, 1.807) is 0 Å². The molecule has 0 saturated heterocycles. The predicted octanol–water partition coefficient (Wildman–Crippen LogP) is 4.02. The van der Waals surface area contributed by atoms with Gasteiger partial charge in [0.1, 0.15) is 0 Å². The summed E-state index contributed by atoms with van der Waals surface area (Å²) < 4.78 is 0. The molecule has 0 aliphatic rings. The van der Waals surface area contributed by atoms with E-state index >= 15 is 0 Å². The van der Waals surface area contributed by atoms with Crippen molar-refractivity contribution in [3.05, 3.63) is 41.6 Å². The lowest BCUT2D eigenvalue weighted by Gasteiger charge is -2.01. The molecule has 0 spiro atoms. The Hall–Kier alpha value is -0.410. The number of fused-ring (bicyclic) bond motifs is 1. The average molecular weight is 315 g/mol. The molecule has 0 aliphatic carbocycles. The average Bonchev–Trinajstić information content (AvgIpc) is 2.27. The van der Waals surface area contributed by atoms with E-state index in [-0.39, 0.29) is 0 Å². The molecule has 0 atom stereocenters. The normalized spacial score (nSPS) is 10.7. The third kappa shape index (κ3) is 1.98. The number of benzene rings is 1. The van der Waals surface area contributed by atoms with Crippen LogP contribution >= 0.6 is 31.9 Å². The number of aromatic nitrogens is 1. The molecule has 0 saturated carbocycles. The van der Waals surface area contributed by atoms with Crippen LogP contribution in [0.25, 0.3) is 10.9 Å². The number of hydrogen-bond acceptors (Lipinski definition) is 1. The van der Waals surface area contributed by atoms with Crippen molar-refractivity contribution in [2.45, 2.75) is 10.7 Å². The molecule has 2 rings (SSSR count). The van der Waals surface area contributed by atoms with E-state index in [0.29, 0.717) is 0 Å². The molecule has 72 valence electrons. The smallest absolute Gasteiger partial charge is 0.0705 e. The minimum absolute atomic E-state index is 0.809. The Morgan fingerprint density at radius 2 is 1.86 bits per heavy atom. The molecule has 2 aromatic rings. The first-order chi connectivity index (χ1) is 6.83. The van der Waals surface area contributed by atoms with Gasteiger partial charge in [0.15, 0.2) is 0 Å². The maximum atomic E-state index is 4.51. The van der Waals surface area contributed by atoms with E-state index in [0.717, 1.165) is 21.9 Å². The molecule has 0 aliphatic heterocycles. The minimum atomic E-state index is 0.809. The summed E-state index contributed by atoms with van der Waals surface area (Å²) in [4.78, 5) is 4.51. The van der Waals surface area contributed by atoms with Crippen LogP contribution < -0.4 is 0 Å². The first-order valence-electron chi connectivity index (χ1n) is 4.34. The summed E-state index contributed by atoms with van der Waals surface area (Å²) in [5.74, 6) is 0. The second-order valence-corrected chi connectivity index (χ2v) is 4.22. The summed E-state index contributed by atoms with van der Waals surface area (Å²) in [5.41, 5.74) is 3.42. The largest absolute Gasteiger partial charge is 0.252 e. The van der Waals surface area contributed by atoms with Crippen molar-refractivity contribution in [1.29, 1.82) is 0 Å². The maximum Gasteiger partial charge on any atom is 0.0705 e. The topological polar surface area (TPSA) is 12.9 Å². The van der Waals surface area contributed by atoms with Crippen LogP contribution in [0, 0.1) is 0 Å². The molecular weight excluding hydrogens is 306 g/mol. The minimum Gasteiger partial charge on any atom is -0.252 e. The second kappa shape index (κ2) is 4.41. The molecule has 1 heterocycles.